The lowest BCUT2D eigenvalue weighted by molar-refractivity contribution is -0.143. The molecule has 0 fully saturated rings. The van der Waals surface area contributed by atoms with Crippen molar-refractivity contribution in [3.05, 3.63) is 36.5 Å². The molecule has 2 amide bonds. The summed E-state index contributed by atoms with van der Waals surface area (Å²) >= 11 is 0. The molecule has 0 aromatic rings. The monoisotopic (exact) mass is 205 g/mol. The molecule has 0 saturated heterocycles. The molecule has 0 aromatic carbocycles. The van der Waals surface area contributed by atoms with Gasteiger partial charge in [-0.1, -0.05) is 30.9 Å². The molecule has 1 aliphatic heterocycles. The maximum Gasteiger partial charge on any atom is 0.233 e. The Kier molecular flexibility index (Phi) is 4.03. The fourth-order valence-electron chi connectivity index (χ4n) is 1.39. The Morgan fingerprint density at radius 3 is 2.73 bits per heavy atom. The summed E-state index contributed by atoms with van der Waals surface area (Å²) in [6.07, 6.45) is 7.61. The molecule has 15 heavy (non-hydrogen) atoms. The van der Waals surface area contributed by atoms with E-state index in [1.165, 1.54) is 4.90 Å². The van der Waals surface area contributed by atoms with Gasteiger partial charge >= 0.3 is 0 Å². The van der Waals surface area contributed by atoms with E-state index in [0.717, 1.165) is 5.57 Å². The van der Waals surface area contributed by atoms with Crippen LogP contribution in [0.15, 0.2) is 36.5 Å². The van der Waals surface area contributed by atoms with E-state index in [-0.39, 0.29) is 24.7 Å². The molecule has 0 N–H and O–H groups in total. The molecular formula is C12H15NO2. The lowest BCUT2D eigenvalue weighted by atomic mass is 10.1. The summed E-state index contributed by atoms with van der Waals surface area (Å²) < 4.78 is 0. The van der Waals surface area contributed by atoms with Crippen molar-refractivity contribution in [3.63, 3.8) is 0 Å². The van der Waals surface area contributed by atoms with Crippen molar-refractivity contribution < 1.29 is 9.59 Å². The molecular weight excluding hydrogens is 190 g/mol. The van der Waals surface area contributed by atoms with Gasteiger partial charge in [0, 0.05) is 13.0 Å². The molecule has 0 atom stereocenters. The number of hydrogen-bond donors (Lipinski definition) is 0. The molecule has 0 aromatic heterocycles. The van der Waals surface area contributed by atoms with Crippen LogP contribution in [0, 0.1) is 0 Å². The largest absolute Gasteiger partial charge is 0.282 e. The van der Waals surface area contributed by atoms with Crippen molar-refractivity contribution in [1.82, 2.24) is 4.90 Å². The van der Waals surface area contributed by atoms with Gasteiger partial charge in [-0.15, -0.1) is 0 Å². The number of hydrogen-bond acceptors (Lipinski definition) is 2. The van der Waals surface area contributed by atoms with E-state index in [9.17, 15) is 9.59 Å². The van der Waals surface area contributed by atoms with Crippen LogP contribution in [0.1, 0.15) is 19.8 Å². The normalized spacial score (nSPS) is 22.7. The second-order valence-corrected chi connectivity index (χ2v) is 3.36. The lowest BCUT2D eigenvalue weighted by Gasteiger charge is -2.18. The Bertz CT molecular complexity index is 340. The van der Waals surface area contributed by atoms with E-state index in [4.69, 9.17) is 0 Å². The van der Waals surface area contributed by atoms with E-state index in [0.29, 0.717) is 6.54 Å². The predicted molar refractivity (Wildman–Crippen MR) is 59.0 cm³/mol. The van der Waals surface area contributed by atoms with E-state index in [1.54, 1.807) is 31.2 Å². The van der Waals surface area contributed by atoms with E-state index < -0.39 is 0 Å². The quantitative estimate of drug-likeness (QED) is 0.612. The summed E-state index contributed by atoms with van der Waals surface area (Å²) in [6.45, 7) is 5.97. The molecule has 1 heterocycles. The van der Waals surface area contributed by atoms with E-state index in [2.05, 4.69) is 6.58 Å². The van der Waals surface area contributed by atoms with Crippen molar-refractivity contribution in [2.24, 2.45) is 0 Å². The van der Waals surface area contributed by atoms with Crippen molar-refractivity contribution >= 4 is 11.8 Å². The number of carbonyl (C=O) groups is 2. The minimum absolute atomic E-state index is 0.151. The van der Waals surface area contributed by atoms with Crippen LogP contribution in [0.4, 0.5) is 0 Å². The fraction of sp³-hybridized carbons (Fsp3) is 0.333. The first-order valence-electron chi connectivity index (χ1n) is 4.99. The smallest absolute Gasteiger partial charge is 0.233 e. The maximum atomic E-state index is 11.7. The van der Waals surface area contributed by atoms with Gasteiger partial charge in [0.15, 0.2) is 0 Å². The Balaban J connectivity index is 2.88. The second-order valence-electron chi connectivity index (χ2n) is 3.36. The van der Waals surface area contributed by atoms with Crippen LogP contribution in [-0.2, 0) is 9.59 Å². The summed E-state index contributed by atoms with van der Waals surface area (Å²) in [7, 11) is 0. The van der Waals surface area contributed by atoms with Gasteiger partial charge in [-0.3, -0.25) is 14.5 Å². The zero-order valence-electron chi connectivity index (χ0n) is 8.90. The number of amides is 2. The van der Waals surface area contributed by atoms with Crippen LogP contribution >= 0.6 is 0 Å². The highest BCUT2D eigenvalue weighted by Crippen LogP contribution is 2.08. The summed E-state index contributed by atoms with van der Waals surface area (Å²) in [5.74, 6) is -0.325. The average molecular weight is 205 g/mol. The summed E-state index contributed by atoms with van der Waals surface area (Å²) in [4.78, 5) is 24.5. The lowest BCUT2D eigenvalue weighted by Crippen LogP contribution is -2.36. The highest BCUT2D eigenvalue weighted by molar-refractivity contribution is 5.96. The molecule has 3 heteroatoms. The number of imide groups is 1. The Hall–Kier alpha value is -1.64. The molecule has 1 rings (SSSR count). The third-order valence-electron chi connectivity index (χ3n) is 2.17. The summed E-state index contributed by atoms with van der Waals surface area (Å²) in [5.41, 5.74) is 0.720. The molecule has 80 valence electrons. The third kappa shape index (κ3) is 3.20. The molecule has 0 saturated carbocycles. The molecule has 0 aliphatic carbocycles. The number of rotatable bonds is 1. The first-order chi connectivity index (χ1) is 7.15. The number of allylic oxidation sites excluding steroid dienone is 3. The van der Waals surface area contributed by atoms with Crippen LogP contribution in [0.2, 0.25) is 0 Å². The maximum absolute atomic E-state index is 11.7. The van der Waals surface area contributed by atoms with Gasteiger partial charge in [-0.05, 0) is 12.5 Å². The third-order valence-corrected chi connectivity index (χ3v) is 2.17. The molecule has 1 aliphatic rings. The van der Waals surface area contributed by atoms with Crippen molar-refractivity contribution in [1.29, 1.82) is 0 Å². The van der Waals surface area contributed by atoms with Gasteiger partial charge in [-0.2, -0.15) is 0 Å². The first-order valence-corrected chi connectivity index (χ1v) is 4.99. The first kappa shape index (κ1) is 11.4. The van der Waals surface area contributed by atoms with Crippen molar-refractivity contribution in [2.75, 3.05) is 6.54 Å². The molecule has 0 bridgehead atoms. The van der Waals surface area contributed by atoms with Gasteiger partial charge in [0.1, 0.15) is 0 Å². The van der Waals surface area contributed by atoms with Gasteiger partial charge < -0.3 is 0 Å². The standard InChI is InChI=1S/C12H15NO2/c1-3-13-11(14)8-6-4-5-7-10(2)9-12(13)15/h4-7H,2-3,8-9H2,1H3/b6-4-,7-5-. The van der Waals surface area contributed by atoms with Gasteiger partial charge in [0.25, 0.3) is 0 Å². The molecule has 3 nitrogen and oxygen atoms in total. The Labute approximate surface area is 89.8 Å². The SMILES string of the molecule is C=C1/C=C\C=C/CC(=O)N(CC)C(=O)C1. The highest BCUT2D eigenvalue weighted by Gasteiger charge is 2.18. The average Bonchev–Trinajstić information content (AvgIpc) is 2.17. The fourth-order valence-corrected chi connectivity index (χ4v) is 1.39. The van der Waals surface area contributed by atoms with E-state index in [1.807, 2.05) is 0 Å². The van der Waals surface area contributed by atoms with Crippen LogP contribution in [0.25, 0.3) is 0 Å². The Morgan fingerprint density at radius 2 is 2.07 bits per heavy atom. The van der Waals surface area contributed by atoms with E-state index >= 15 is 0 Å². The highest BCUT2D eigenvalue weighted by atomic mass is 16.2. The van der Waals surface area contributed by atoms with Gasteiger partial charge in [0.2, 0.25) is 11.8 Å². The molecule has 0 radical (unpaired) electrons. The van der Waals surface area contributed by atoms with Crippen LogP contribution in [-0.4, -0.2) is 23.3 Å². The van der Waals surface area contributed by atoms with Gasteiger partial charge in [0.05, 0.1) is 6.42 Å². The summed E-state index contributed by atoms with van der Waals surface area (Å²) in [6, 6.07) is 0. The van der Waals surface area contributed by atoms with Crippen LogP contribution in [0.5, 0.6) is 0 Å². The minimum atomic E-state index is -0.174. The molecule has 0 spiro atoms. The molecule has 0 unspecified atom stereocenters. The number of nitrogens with zero attached hydrogens (tertiary/aromatic N) is 1. The van der Waals surface area contributed by atoms with Crippen molar-refractivity contribution in [2.45, 2.75) is 19.8 Å². The summed E-state index contributed by atoms with van der Waals surface area (Å²) in [5, 5.41) is 0. The Morgan fingerprint density at radius 1 is 1.33 bits per heavy atom. The zero-order valence-corrected chi connectivity index (χ0v) is 8.90. The predicted octanol–water partition coefficient (Wildman–Crippen LogP) is 1.82. The minimum Gasteiger partial charge on any atom is -0.282 e. The van der Waals surface area contributed by atoms with Crippen molar-refractivity contribution in [3.8, 4) is 0 Å². The zero-order chi connectivity index (χ0) is 11.3. The van der Waals surface area contributed by atoms with Gasteiger partial charge in [-0.25, -0.2) is 0 Å². The topological polar surface area (TPSA) is 37.4 Å². The van der Waals surface area contributed by atoms with Crippen LogP contribution in [0.3, 0.4) is 0 Å². The number of carbonyl (C=O) groups excluding carboxylic acids is 2. The second kappa shape index (κ2) is 5.29. The van der Waals surface area contributed by atoms with Crippen LogP contribution < -0.4 is 0 Å².